The number of rotatable bonds is 10. The van der Waals surface area contributed by atoms with Crippen molar-refractivity contribution < 1.29 is 0 Å². The third-order valence-corrected chi connectivity index (χ3v) is 12.1. The second kappa shape index (κ2) is 17.6. The molecule has 0 fully saturated rings. The van der Waals surface area contributed by atoms with E-state index in [4.69, 9.17) is 10.2 Å². The first-order chi connectivity index (χ1) is 32.3. The van der Waals surface area contributed by atoms with E-state index in [0.29, 0.717) is 0 Å². The second-order valence-electron chi connectivity index (χ2n) is 16.2. The first-order valence-electron chi connectivity index (χ1n) is 22.1. The first-order valence-corrected chi connectivity index (χ1v) is 22.1. The van der Waals surface area contributed by atoms with Crippen LogP contribution >= 0.6 is 0 Å². The van der Waals surface area contributed by atoms with Crippen LogP contribution < -0.4 is 0 Å². The Bertz CT molecular complexity index is 3320. The SMILES string of the molecule is c1ccc(-c2cc(-c3cccc(-c4cccc(-c5cccc(-n6c(-c7ccccc7)nnc6-c6ccccc6)c5)c4)c3)c(-c3ccccc3)c(-c3ccccc3)c2-c2ccccc2)cc1. The van der Waals surface area contributed by atoms with Crippen LogP contribution in [0.25, 0.3) is 106 Å². The van der Waals surface area contributed by atoms with E-state index in [2.05, 4.69) is 229 Å². The summed E-state index contributed by atoms with van der Waals surface area (Å²) in [7, 11) is 0. The fourth-order valence-corrected chi connectivity index (χ4v) is 9.11. The number of benzene rings is 10. The van der Waals surface area contributed by atoms with Gasteiger partial charge in [-0.05, 0) is 108 Å². The van der Waals surface area contributed by atoms with E-state index in [1.165, 1.54) is 50.1 Å². The van der Waals surface area contributed by atoms with Gasteiger partial charge in [0, 0.05) is 16.8 Å². The Hall–Kier alpha value is -8.66. The van der Waals surface area contributed by atoms with Crippen molar-refractivity contribution in [1.82, 2.24) is 14.8 Å². The Labute approximate surface area is 380 Å². The van der Waals surface area contributed by atoms with Gasteiger partial charge >= 0.3 is 0 Å². The predicted molar refractivity (Wildman–Crippen MR) is 270 cm³/mol. The van der Waals surface area contributed by atoms with E-state index in [0.717, 1.165) is 56.3 Å². The standard InChI is InChI=1S/C62H43N3/c1-7-22-44(23-8-1)56-43-57(59(46-26-11-3-12-27-46)60(47-28-13-4-14-29-47)58(56)45-24-9-2-10-25-45)54-38-20-36-52(41-54)50-34-19-35-51(40-50)53-37-21-39-55(42-53)65-61(48-30-15-5-16-31-48)63-64-62(65)49-32-17-6-18-33-49/h1-43H. The molecule has 0 aliphatic heterocycles. The highest BCUT2D eigenvalue weighted by molar-refractivity contribution is 6.07. The molecule has 65 heavy (non-hydrogen) atoms. The van der Waals surface area contributed by atoms with Crippen molar-refractivity contribution in [3.63, 3.8) is 0 Å². The summed E-state index contributed by atoms with van der Waals surface area (Å²) in [5.41, 5.74) is 19.4. The summed E-state index contributed by atoms with van der Waals surface area (Å²) in [6.07, 6.45) is 0. The molecule has 0 aliphatic rings. The molecule has 0 aliphatic carbocycles. The van der Waals surface area contributed by atoms with E-state index in [1.54, 1.807) is 0 Å². The van der Waals surface area contributed by atoms with Gasteiger partial charge in [-0.25, -0.2) is 0 Å². The molecule has 306 valence electrons. The quantitative estimate of drug-likeness (QED) is 0.137. The molecule has 11 aromatic rings. The van der Waals surface area contributed by atoms with Crippen LogP contribution in [0, 0.1) is 0 Å². The van der Waals surface area contributed by atoms with Crippen LogP contribution in [-0.2, 0) is 0 Å². The van der Waals surface area contributed by atoms with Crippen LogP contribution in [0.1, 0.15) is 0 Å². The highest BCUT2D eigenvalue weighted by Crippen LogP contribution is 2.50. The normalized spacial score (nSPS) is 11.1. The van der Waals surface area contributed by atoms with E-state index in [-0.39, 0.29) is 0 Å². The van der Waals surface area contributed by atoms with Gasteiger partial charge in [0.25, 0.3) is 0 Å². The number of aromatic nitrogens is 3. The average Bonchev–Trinajstić information content (AvgIpc) is 3.85. The van der Waals surface area contributed by atoms with Crippen molar-refractivity contribution in [1.29, 1.82) is 0 Å². The summed E-state index contributed by atoms with van der Waals surface area (Å²) in [6, 6.07) is 93.1. The predicted octanol–water partition coefficient (Wildman–Crippen LogP) is 16.3. The highest BCUT2D eigenvalue weighted by atomic mass is 15.3. The molecular formula is C62H43N3. The fourth-order valence-electron chi connectivity index (χ4n) is 9.11. The lowest BCUT2D eigenvalue weighted by Gasteiger charge is -2.24. The molecule has 0 saturated carbocycles. The number of hydrogen-bond donors (Lipinski definition) is 0. The summed E-state index contributed by atoms with van der Waals surface area (Å²) >= 11 is 0. The zero-order valence-electron chi connectivity index (χ0n) is 35.7. The molecule has 3 heteroatoms. The number of nitrogens with zero attached hydrogens (tertiary/aromatic N) is 3. The number of hydrogen-bond acceptors (Lipinski definition) is 2. The average molecular weight is 830 g/mol. The Kier molecular flexibility index (Phi) is 10.6. The van der Waals surface area contributed by atoms with Crippen molar-refractivity contribution in [3.05, 3.63) is 261 Å². The maximum absolute atomic E-state index is 4.73. The molecule has 3 nitrogen and oxygen atoms in total. The molecule has 1 aromatic heterocycles. The summed E-state index contributed by atoms with van der Waals surface area (Å²) in [5, 5.41) is 9.46. The summed E-state index contributed by atoms with van der Waals surface area (Å²) in [6.45, 7) is 0. The Morgan fingerprint density at radius 3 is 0.969 bits per heavy atom. The molecule has 1 heterocycles. The lowest BCUT2D eigenvalue weighted by Crippen LogP contribution is -2.00. The van der Waals surface area contributed by atoms with E-state index >= 15 is 0 Å². The van der Waals surface area contributed by atoms with Crippen LogP contribution in [0.5, 0.6) is 0 Å². The van der Waals surface area contributed by atoms with Gasteiger partial charge < -0.3 is 0 Å². The molecule has 0 unspecified atom stereocenters. The minimum atomic E-state index is 0.796. The summed E-state index contributed by atoms with van der Waals surface area (Å²) in [4.78, 5) is 0. The van der Waals surface area contributed by atoms with Crippen LogP contribution in [0.15, 0.2) is 261 Å². The van der Waals surface area contributed by atoms with Crippen molar-refractivity contribution in [2.45, 2.75) is 0 Å². The van der Waals surface area contributed by atoms with Gasteiger partial charge in [-0.3, -0.25) is 4.57 Å². The third kappa shape index (κ3) is 7.77. The van der Waals surface area contributed by atoms with Gasteiger partial charge in [-0.1, -0.05) is 231 Å². The topological polar surface area (TPSA) is 30.7 Å². The zero-order valence-corrected chi connectivity index (χ0v) is 35.7. The maximum Gasteiger partial charge on any atom is 0.168 e. The van der Waals surface area contributed by atoms with Gasteiger partial charge in [-0.2, -0.15) is 0 Å². The van der Waals surface area contributed by atoms with Crippen LogP contribution in [0.4, 0.5) is 0 Å². The smallest absolute Gasteiger partial charge is 0.168 e. The van der Waals surface area contributed by atoms with Crippen molar-refractivity contribution >= 4 is 0 Å². The van der Waals surface area contributed by atoms with Gasteiger partial charge in [-0.15, -0.1) is 10.2 Å². The van der Waals surface area contributed by atoms with Crippen molar-refractivity contribution in [3.8, 4) is 106 Å². The second-order valence-corrected chi connectivity index (χ2v) is 16.2. The molecular weight excluding hydrogens is 787 g/mol. The van der Waals surface area contributed by atoms with Gasteiger partial charge in [0.15, 0.2) is 11.6 Å². The monoisotopic (exact) mass is 829 g/mol. The van der Waals surface area contributed by atoms with Crippen molar-refractivity contribution in [2.24, 2.45) is 0 Å². The maximum atomic E-state index is 4.73. The van der Waals surface area contributed by atoms with Gasteiger partial charge in [0.05, 0.1) is 0 Å². The molecule has 0 radical (unpaired) electrons. The molecule has 0 bridgehead atoms. The lowest BCUT2D eigenvalue weighted by atomic mass is 9.78. The Morgan fingerprint density at radius 2 is 0.523 bits per heavy atom. The minimum Gasteiger partial charge on any atom is -0.275 e. The van der Waals surface area contributed by atoms with Gasteiger partial charge in [0.1, 0.15) is 0 Å². The van der Waals surface area contributed by atoms with Crippen molar-refractivity contribution in [2.75, 3.05) is 0 Å². The van der Waals surface area contributed by atoms with E-state index in [9.17, 15) is 0 Å². The molecule has 0 atom stereocenters. The molecule has 10 aromatic carbocycles. The molecule has 0 amide bonds. The van der Waals surface area contributed by atoms with Crippen LogP contribution in [-0.4, -0.2) is 14.8 Å². The molecule has 0 spiro atoms. The zero-order chi connectivity index (χ0) is 43.4. The lowest BCUT2D eigenvalue weighted by molar-refractivity contribution is 1.07. The highest BCUT2D eigenvalue weighted by Gasteiger charge is 2.24. The minimum absolute atomic E-state index is 0.796. The van der Waals surface area contributed by atoms with Crippen LogP contribution in [0.2, 0.25) is 0 Å². The Morgan fingerprint density at radius 1 is 0.215 bits per heavy atom. The van der Waals surface area contributed by atoms with Gasteiger partial charge in [0.2, 0.25) is 0 Å². The summed E-state index contributed by atoms with van der Waals surface area (Å²) in [5.74, 6) is 1.59. The summed E-state index contributed by atoms with van der Waals surface area (Å²) < 4.78 is 2.17. The molecule has 11 rings (SSSR count). The molecule has 0 saturated heterocycles. The Balaban J connectivity index is 1.07. The van der Waals surface area contributed by atoms with E-state index < -0.39 is 0 Å². The third-order valence-electron chi connectivity index (χ3n) is 12.1. The van der Waals surface area contributed by atoms with E-state index in [1.807, 2.05) is 36.4 Å². The first kappa shape index (κ1) is 39.2. The van der Waals surface area contributed by atoms with Crippen LogP contribution in [0.3, 0.4) is 0 Å². The molecule has 0 N–H and O–H groups in total. The fraction of sp³-hybridized carbons (Fsp3) is 0. The largest absolute Gasteiger partial charge is 0.275 e.